The van der Waals surface area contributed by atoms with Crippen molar-refractivity contribution in [1.29, 1.82) is 0 Å². The summed E-state index contributed by atoms with van der Waals surface area (Å²) in [6, 6.07) is 24.8. The highest BCUT2D eigenvalue weighted by Crippen LogP contribution is 2.30. The van der Waals surface area contributed by atoms with Gasteiger partial charge in [0.2, 0.25) is 5.89 Å². The molecule has 0 radical (unpaired) electrons. The zero-order chi connectivity index (χ0) is 30.6. The maximum atomic E-state index is 12.7. The minimum Gasteiger partial charge on any atom is -0.493 e. The molecule has 4 aromatic rings. The van der Waals surface area contributed by atoms with E-state index >= 15 is 0 Å². The molecule has 1 N–H and O–H groups in total. The molecule has 0 saturated carbocycles. The zero-order valence-corrected chi connectivity index (χ0v) is 25.1. The van der Waals surface area contributed by atoms with Crippen molar-refractivity contribution in [3.8, 4) is 23.0 Å². The van der Waals surface area contributed by atoms with E-state index in [4.69, 9.17) is 18.9 Å². The summed E-state index contributed by atoms with van der Waals surface area (Å²) in [5, 5.41) is 9.80. The van der Waals surface area contributed by atoms with Crippen molar-refractivity contribution in [2.24, 2.45) is 11.8 Å². The van der Waals surface area contributed by atoms with Crippen LogP contribution in [0.3, 0.4) is 0 Å². The Morgan fingerprint density at radius 2 is 1.65 bits per heavy atom. The highest BCUT2D eigenvalue weighted by atomic mass is 16.6. The fourth-order valence-electron chi connectivity index (χ4n) is 5.35. The SMILES string of the molecule is Cc1oc(-c2ccc(C(C)(C)C)cc2)nc1CCOc1ccc(C[C@@H]2CN(C(=O)Oc3ccccc3)C[C@@H]2C(=O)O)cc1. The highest BCUT2D eigenvalue weighted by molar-refractivity contribution is 5.75. The average Bonchev–Trinajstić information content (AvgIpc) is 3.58. The molecular formula is C35H38N2O6. The Morgan fingerprint density at radius 3 is 2.30 bits per heavy atom. The van der Waals surface area contributed by atoms with Crippen molar-refractivity contribution in [2.45, 2.75) is 46.0 Å². The van der Waals surface area contributed by atoms with E-state index in [-0.39, 0.29) is 17.9 Å². The fraction of sp³-hybridized carbons (Fsp3) is 0.343. The van der Waals surface area contributed by atoms with Gasteiger partial charge in [0.15, 0.2) is 0 Å². The molecule has 3 aromatic carbocycles. The Labute approximate surface area is 252 Å². The lowest BCUT2D eigenvalue weighted by Gasteiger charge is -2.18. The van der Waals surface area contributed by atoms with Crippen LogP contribution in [0.1, 0.15) is 43.4 Å². The van der Waals surface area contributed by atoms with Crippen LogP contribution in [0.25, 0.3) is 11.5 Å². The third kappa shape index (κ3) is 7.44. The Balaban J connectivity index is 1.13. The lowest BCUT2D eigenvalue weighted by Crippen LogP contribution is -2.32. The van der Waals surface area contributed by atoms with Gasteiger partial charge in [-0.1, -0.05) is 63.2 Å². The van der Waals surface area contributed by atoms with Gasteiger partial charge in [0, 0.05) is 25.1 Å². The standard InChI is InChI=1S/C35H38N2O6/c1-23-31(36-32(42-23)25-12-14-27(15-13-25)35(2,3)4)18-19-41-28-16-10-24(11-17-28)20-26-21-37(22-30(26)33(38)39)34(40)43-29-8-6-5-7-9-29/h5-17,26,30H,18-22H2,1-4H3,(H,38,39)/t26-,30+/m1/s1. The number of carbonyl (C=O) groups excluding carboxylic acids is 1. The quantitative estimate of drug-likeness (QED) is 0.228. The molecule has 8 nitrogen and oxygen atoms in total. The molecule has 1 aliphatic rings. The molecule has 224 valence electrons. The fourth-order valence-corrected chi connectivity index (χ4v) is 5.35. The van der Waals surface area contributed by atoms with Gasteiger partial charge in [-0.3, -0.25) is 4.79 Å². The van der Waals surface area contributed by atoms with Crippen LogP contribution in [0.15, 0.2) is 83.3 Å². The number of likely N-dealkylation sites (tertiary alicyclic amines) is 1. The molecule has 1 aromatic heterocycles. The summed E-state index contributed by atoms with van der Waals surface area (Å²) in [5.74, 6) is 0.748. The van der Waals surface area contributed by atoms with Crippen molar-refractivity contribution in [2.75, 3.05) is 19.7 Å². The molecule has 1 amide bonds. The number of aryl methyl sites for hydroxylation is 1. The molecule has 43 heavy (non-hydrogen) atoms. The van der Waals surface area contributed by atoms with Crippen LogP contribution in [-0.4, -0.2) is 46.7 Å². The summed E-state index contributed by atoms with van der Waals surface area (Å²) in [7, 11) is 0. The largest absolute Gasteiger partial charge is 0.493 e. The smallest absolute Gasteiger partial charge is 0.415 e. The van der Waals surface area contributed by atoms with Gasteiger partial charge in [-0.2, -0.15) is 0 Å². The molecule has 1 fully saturated rings. The molecule has 8 heteroatoms. The lowest BCUT2D eigenvalue weighted by atomic mass is 9.87. The van der Waals surface area contributed by atoms with Crippen LogP contribution >= 0.6 is 0 Å². The number of aliphatic carboxylic acids is 1. The van der Waals surface area contributed by atoms with Gasteiger partial charge in [-0.05, 0) is 72.2 Å². The van der Waals surface area contributed by atoms with E-state index in [0.717, 1.165) is 28.3 Å². The van der Waals surface area contributed by atoms with E-state index in [1.807, 2.05) is 49.4 Å². The van der Waals surface area contributed by atoms with Crippen LogP contribution in [0.4, 0.5) is 4.79 Å². The predicted octanol–water partition coefficient (Wildman–Crippen LogP) is 6.94. The second-order valence-corrected chi connectivity index (χ2v) is 12.1. The van der Waals surface area contributed by atoms with Crippen LogP contribution in [0.2, 0.25) is 0 Å². The van der Waals surface area contributed by atoms with Crippen molar-refractivity contribution >= 4 is 12.1 Å². The number of hydrogen-bond acceptors (Lipinski definition) is 6. The molecular weight excluding hydrogens is 544 g/mol. The zero-order valence-electron chi connectivity index (χ0n) is 25.1. The molecule has 0 bridgehead atoms. The monoisotopic (exact) mass is 582 g/mol. The number of aromatic nitrogens is 1. The van der Waals surface area contributed by atoms with Gasteiger partial charge < -0.3 is 23.9 Å². The van der Waals surface area contributed by atoms with Crippen molar-refractivity contribution in [1.82, 2.24) is 9.88 Å². The average molecular weight is 583 g/mol. The number of rotatable bonds is 9. The van der Waals surface area contributed by atoms with Gasteiger partial charge in [0.25, 0.3) is 0 Å². The van der Waals surface area contributed by atoms with Crippen molar-refractivity contribution in [3.63, 3.8) is 0 Å². The first-order valence-corrected chi connectivity index (χ1v) is 14.6. The van der Waals surface area contributed by atoms with E-state index in [9.17, 15) is 14.7 Å². The van der Waals surface area contributed by atoms with Crippen LogP contribution in [0.5, 0.6) is 11.5 Å². The number of nitrogens with zero attached hydrogens (tertiary/aromatic N) is 2. The number of amides is 1. The Hall–Kier alpha value is -4.59. The molecule has 5 rings (SSSR count). The molecule has 1 aliphatic heterocycles. The maximum Gasteiger partial charge on any atom is 0.415 e. The summed E-state index contributed by atoms with van der Waals surface area (Å²) in [6.45, 7) is 9.37. The molecule has 0 spiro atoms. The van der Waals surface area contributed by atoms with Crippen LogP contribution in [0, 0.1) is 18.8 Å². The number of benzene rings is 3. The van der Waals surface area contributed by atoms with E-state index in [2.05, 4.69) is 32.9 Å². The second-order valence-electron chi connectivity index (χ2n) is 12.1. The van der Waals surface area contributed by atoms with Gasteiger partial charge >= 0.3 is 12.1 Å². The van der Waals surface area contributed by atoms with Gasteiger partial charge in [-0.15, -0.1) is 0 Å². The minimum atomic E-state index is -0.909. The van der Waals surface area contributed by atoms with Crippen molar-refractivity contribution in [3.05, 3.63) is 101 Å². The number of carboxylic acid groups (broad SMARTS) is 1. The Morgan fingerprint density at radius 1 is 0.953 bits per heavy atom. The number of carboxylic acids is 1. The third-order valence-electron chi connectivity index (χ3n) is 7.88. The van der Waals surface area contributed by atoms with E-state index < -0.39 is 18.0 Å². The van der Waals surface area contributed by atoms with E-state index in [1.54, 1.807) is 24.3 Å². The highest BCUT2D eigenvalue weighted by Gasteiger charge is 2.40. The minimum absolute atomic E-state index is 0.0862. The predicted molar refractivity (Wildman–Crippen MR) is 163 cm³/mol. The summed E-state index contributed by atoms with van der Waals surface area (Å²) in [4.78, 5) is 30.8. The normalized spacial score (nSPS) is 16.7. The molecule has 2 heterocycles. The first kappa shape index (κ1) is 29.9. The lowest BCUT2D eigenvalue weighted by molar-refractivity contribution is -0.142. The summed E-state index contributed by atoms with van der Waals surface area (Å²) in [6.07, 6.45) is 0.606. The number of carbonyl (C=O) groups is 2. The third-order valence-corrected chi connectivity index (χ3v) is 7.88. The van der Waals surface area contributed by atoms with E-state index in [0.29, 0.717) is 37.6 Å². The van der Waals surface area contributed by atoms with Crippen LogP contribution < -0.4 is 9.47 Å². The Bertz CT molecular complexity index is 1540. The number of para-hydroxylation sites is 1. The summed E-state index contributed by atoms with van der Waals surface area (Å²) < 4.78 is 17.3. The van der Waals surface area contributed by atoms with Gasteiger partial charge in [0.05, 0.1) is 18.2 Å². The van der Waals surface area contributed by atoms with Gasteiger partial charge in [0.1, 0.15) is 17.3 Å². The maximum absolute atomic E-state index is 12.7. The first-order valence-electron chi connectivity index (χ1n) is 14.6. The summed E-state index contributed by atoms with van der Waals surface area (Å²) in [5.41, 5.74) is 4.14. The topological polar surface area (TPSA) is 102 Å². The van der Waals surface area contributed by atoms with Crippen molar-refractivity contribution < 1.29 is 28.6 Å². The first-order chi connectivity index (χ1) is 20.6. The second kappa shape index (κ2) is 12.7. The van der Waals surface area contributed by atoms with Gasteiger partial charge in [-0.25, -0.2) is 9.78 Å². The molecule has 0 aliphatic carbocycles. The molecule has 0 unspecified atom stereocenters. The Kier molecular flexibility index (Phi) is 8.85. The number of ether oxygens (including phenoxy) is 2. The van der Waals surface area contributed by atoms with E-state index in [1.165, 1.54) is 10.5 Å². The molecule has 1 saturated heterocycles. The summed E-state index contributed by atoms with van der Waals surface area (Å²) >= 11 is 0. The van der Waals surface area contributed by atoms with Crippen LogP contribution in [-0.2, 0) is 23.1 Å². The molecule has 2 atom stereocenters. The number of oxazole rings is 1. The number of hydrogen-bond donors (Lipinski definition) is 1.